The molecule has 1 aromatic carbocycles. The third kappa shape index (κ3) is 2.85. The maximum Gasteiger partial charge on any atom is 0.341 e. The number of aromatic nitrogens is 2. The highest BCUT2D eigenvalue weighted by Crippen LogP contribution is 2.29. The Morgan fingerprint density at radius 1 is 1.41 bits per heavy atom. The molecule has 3 heterocycles. The highest BCUT2D eigenvalue weighted by atomic mass is 19.1. The number of rotatable bonds is 3. The number of hydrogen-bond acceptors (Lipinski definition) is 6. The molecule has 2 aromatic heterocycles. The van der Waals surface area contributed by atoms with E-state index in [4.69, 9.17) is 10.3 Å². The third-order valence-electron chi connectivity index (χ3n) is 4.73. The summed E-state index contributed by atoms with van der Waals surface area (Å²) in [6.45, 7) is 2.79. The quantitative estimate of drug-likeness (QED) is 0.718. The standard InChI is InChI=1S/C18H17FN4O4/c1-9-4-16(21-27-9)23-8-12(18(25)26)17(24)11-5-13(19)15(6-14(11)23)22-3-2-10(20)7-22/h4-6,8,10H,2-3,7,20H2,1H3,(H,25,26)/t10-/m0/s1. The number of fused-ring (bicyclic) bond motifs is 1. The van der Waals surface area contributed by atoms with E-state index in [9.17, 15) is 19.1 Å². The second kappa shape index (κ2) is 6.20. The highest BCUT2D eigenvalue weighted by Gasteiger charge is 2.24. The number of aromatic carboxylic acids is 1. The lowest BCUT2D eigenvalue weighted by Gasteiger charge is -2.20. The number of pyridine rings is 1. The van der Waals surface area contributed by atoms with Crippen molar-refractivity contribution in [2.75, 3.05) is 18.0 Å². The van der Waals surface area contributed by atoms with Gasteiger partial charge in [0.15, 0.2) is 5.82 Å². The number of aryl methyl sites for hydroxylation is 1. The summed E-state index contributed by atoms with van der Waals surface area (Å²) in [5.74, 6) is -1.18. The fourth-order valence-electron chi connectivity index (χ4n) is 3.39. The number of benzene rings is 1. The number of carbonyl (C=O) groups is 1. The number of carboxylic acids is 1. The smallest absolute Gasteiger partial charge is 0.341 e. The molecule has 1 saturated heterocycles. The van der Waals surface area contributed by atoms with Gasteiger partial charge in [0.25, 0.3) is 0 Å². The van der Waals surface area contributed by atoms with Gasteiger partial charge in [-0.15, -0.1) is 0 Å². The second-order valence-corrected chi connectivity index (χ2v) is 6.66. The Balaban J connectivity index is 2.02. The Hall–Kier alpha value is -3.20. The fourth-order valence-corrected chi connectivity index (χ4v) is 3.39. The molecule has 1 aliphatic heterocycles. The van der Waals surface area contributed by atoms with E-state index in [0.717, 1.165) is 12.5 Å². The van der Waals surface area contributed by atoms with Gasteiger partial charge in [0, 0.05) is 31.4 Å². The van der Waals surface area contributed by atoms with Crippen LogP contribution in [0.2, 0.25) is 0 Å². The molecule has 0 radical (unpaired) electrons. The van der Waals surface area contributed by atoms with Crippen LogP contribution in [0.25, 0.3) is 16.7 Å². The number of nitrogens with zero attached hydrogens (tertiary/aromatic N) is 3. The minimum absolute atomic E-state index is 0.0414. The van der Waals surface area contributed by atoms with E-state index in [2.05, 4.69) is 5.16 Å². The lowest BCUT2D eigenvalue weighted by molar-refractivity contribution is 0.0695. The summed E-state index contributed by atoms with van der Waals surface area (Å²) in [6, 6.07) is 4.16. The van der Waals surface area contributed by atoms with E-state index in [0.29, 0.717) is 35.9 Å². The minimum atomic E-state index is -1.40. The van der Waals surface area contributed by atoms with Crippen LogP contribution < -0.4 is 16.1 Å². The molecule has 1 aliphatic rings. The van der Waals surface area contributed by atoms with E-state index >= 15 is 0 Å². The number of anilines is 1. The van der Waals surface area contributed by atoms with Crippen LogP contribution in [0.3, 0.4) is 0 Å². The monoisotopic (exact) mass is 372 g/mol. The Bertz CT molecular complexity index is 1120. The van der Waals surface area contributed by atoms with Crippen molar-refractivity contribution in [3.63, 3.8) is 0 Å². The van der Waals surface area contributed by atoms with E-state index in [1.54, 1.807) is 13.0 Å². The van der Waals surface area contributed by atoms with Gasteiger partial charge in [0.2, 0.25) is 5.43 Å². The van der Waals surface area contributed by atoms with Crippen molar-refractivity contribution in [1.82, 2.24) is 9.72 Å². The Labute approximate surface area is 152 Å². The largest absolute Gasteiger partial charge is 0.477 e. The first kappa shape index (κ1) is 17.2. The van der Waals surface area contributed by atoms with Crippen molar-refractivity contribution in [1.29, 1.82) is 0 Å². The average Bonchev–Trinajstić information content (AvgIpc) is 3.23. The number of hydrogen-bond donors (Lipinski definition) is 2. The van der Waals surface area contributed by atoms with Crippen molar-refractivity contribution < 1.29 is 18.8 Å². The molecule has 140 valence electrons. The van der Waals surface area contributed by atoms with Crippen molar-refractivity contribution in [3.8, 4) is 5.82 Å². The summed E-state index contributed by atoms with van der Waals surface area (Å²) < 4.78 is 21.2. The molecule has 1 fully saturated rings. The molecule has 0 spiro atoms. The van der Waals surface area contributed by atoms with E-state index in [1.165, 1.54) is 16.8 Å². The van der Waals surface area contributed by atoms with Crippen molar-refractivity contribution >= 4 is 22.6 Å². The molecule has 1 atom stereocenters. The van der Waals surface area contributed by atoms with E-state index in [-0.39, 0.29) is 11.4 Å². The highest BCUT2D eigenvalue weighted by molar-refractivity contribution is 5.94. The zero-order valence-electron chi connectivity index (χ0n) is 14.5. The summed E-state index contributed by atoms with van der Waals surface area (Å²) in [4.78, 5) is 25.8. The first-order valence-electron chi connectivity index (χ1n) is 8.41. The average molecular weight is 372 g/mol. The molecule has 0 saturated carbocycles. The normalized spacial score (nSPS) is 17.0. The number of halogens is 1. The Morgan fingerprint density at radius 3 is 2.78 bits per heavy atom. The van der Waals surface area contributed by atoms with Crippen LogP contribution in [-0.4, -0.2) is 39.9 Å². The predicted octanol–water partition coefficient (Wildman–Crippen LogP) is 1.66. The molecule has 0 unspecified atom stereocenters. The second-order valence-electron chi connectivity index (χ2n) is 6.66. The van der Waals surface area contributed by atoms with E-state index in [1.807, 2.05) is 4.90 Å². The van der Waals surface area contributed by atoms with Gasteiger partial charge >= 0.3 is 5.97 Å². The third-order valence-corrected chi connectivity index (χ3v) is 4.73. The minimum Gasteiger partial charge on any atom is -0.477 e. The van der Waals surface area contributed by atoms with Gasteiger partial charge in [0.05, 0.1) is 16.6 Å². The fraction of sp³-hybridized carbons (Fsp3) is 0.278. The molecule has 0 amide bonds. The molecule has 0 aliphatic carbocycles. The summed E-state index contributed by atoms with van der Waals surface area (Å²) in [5.41, 5.74) is 5.35. The first-order valence-corrected chi connectivity index (χ1v) is 8.41. The molecular weight excluding hydrogens is 355 g/mol. The zero-order chi connectivity index (χ0) is 19.3. The molecule has 27 heavy (non-hydrogen) atoms. The van der Waals surface area contributed by atoms with Crippen LogP contribution in [0.4, 0.5) is 10.1 Å². The van der Waals surface area contributed by atoms with Crippen LogP contribution in [0, 0.1) is 12.7 Å². The molecule has 0 bridgehead atoms. The molecule has 4 rings (SSSR count). The maximum absolute atomic E-state index is 14.7. The lowest BCUT2D eigenvalue weighted by atomic mass is 10.1. The van der Waals surface area contributed by atoms with Gasteiger partial charge in [-0.3, -0.25) is 9.36 Å². The van der Waals surface area contributed by atoms with Gasteiger partial charge in [-0.2, -0.15) is 0 Å². The molecular formula is C18H17FN4O4. The van der Waals surface area contributed by atoms with Gasteiger partial charge in [-0.25, -0.2) is 9.18 Å². The SMILES string of the molecule is Cc1cc(-n2cc(C(=O)O)c(=O)c3cc(F)c(N4CC[C@H](N)C4)cc32)no1. The summed E-state index contributed by atoms with van der Waals surface area (Å²) >= 11 is 0. The molecule has 8 nitrogen and oxygen atoms in total. The van der Waals surface area contributed by atoms with Gasteiger partial charge in [-0.1, -0.05) is 5.16 Å². The van der Waals surface area contributed by atoms with Gasteiger partial charge in [0.1, 0.15) is 17.1 Å². The summed E-state index contributed by atoms with van der Waals surface area (Å²) in [7, 11) is 0. The summed E-state index contributed by atoms with van der Waals surface area (Å²) in [5, 5.41) is 13.2. The van der Waals surface area contributed by atoms with Crippen LogP contribution in [0.15, 0.2) is 33.7 Å². The van der Waals surface area contributed by atoms with E-state index < -0.39 is 22.8 Å². The van der Waals surface area contributed by atoms with Gasteiger partial charge in [-0.05, 0) is 25.5 Å². The summed E-state index contributed by atoms with van der Waals surface area (Å²) in [6.07, 6.45) is 1.92. The van der Waals surface area contributed by atoms with Crippen molar-refractivity contribution in [2.45, 2.75) is 19.4 Å². The number of nitrogens with two attached hydrogens (primary N) is 1. The van der Waals surface area contributed by atoms with Gasteiger partial charge < -0.3 is 20.3 Å². The van der Waals surface area contributed by atoms with Crippen molar-refractivity contribution in [2.24, 2.45) is 5.73 Å². The van der Waals surface area contributed by atoms with Crippen LogP contribution in [0.1, 0.15) is 22.5 Å². The van der Waals surface area contributed by atoms with Crippen LogP contribution >= 0.6 is 0 Å². The topological polar surface area (TPSA) is 115 Å². The Kier molecular flexibility index (Phi) is 3.96. The molecule has 9 heteroatoms. The predicted molar refractivity (Wildman–Crippen MR) is 96.1 cm³/mol. The molecule has 3 aromatic rings. The Morgan fingerprint density at radius 2 is 2.19 bits per heavy atom. The lowest BCUT2D eigenvalue weighted by Crippen LogP contribution is -2.27. The van der Waals surface area contributed by atoms with Crippen LogP contribution in [-0.2, 0) is 0 Å². The maximum atomic E-state index is 14.7. The number of carboxylic acid groups (broad SMARTS) is 1. The first-order chi connectivity index (χ1) is 12.8. The van der Waals surface area contributed by atoms with Crippen LogP contribution in [0.5, 0.6) is 0 Å². The molecule has 3 N–H and O–H groups in total. The zero-order valence-corrected chi connectivity index (χ0v) is 14.5. The van der Waals surface area contributed by atoms with Crippen molar-refractivity contribution in [3.05, 3.63) is 51.8 Å².